The van der Waals surface area contributed by atoms with Gasteiger partial charge in [-0.25, -0.2) is 0 Å². The Labute approximate surface area is 116 Å². The average Bonchev–Trinajstić information content (AvgIpc) is 2.62. The van der Waals surface area contributed by atoms with Gasteiger partial charge >= 0.3 is 0 Å². The van der Waals surface area contributed by atoms with Crippen molar-refractivity contribution >= 4 is 15.9 Å². The molecule has 0 aliphatic heterocycles. The van der Waals surface area contributed by atoms with Gasteiger partial charge in [0.15, 0.2) is 0 Å². The molecule has 0 unspecified atom stereocenters. The van der Waals surface area contributed by atoms with Gasteiger partial charge in [-0.3, -0.25) is 9.67 Å². The van der Waals surface area contributed by atoms with E-state index in [2.05, 4.69) is 38.3 Å². The van der Waals surface area contributed by atoms with Crippen molar-refractivity contribution in [2.24, 2.45) is 7.05 Å². The highest BCUT2D eigenvalue weighted by molar-refractivity contribution is 9.10. The summed E-state index contributed by atoms with van der Waals surface area (Å²) in [5.41, 5.74) is 3.42. The molecule has 96 valence electrons. The molecule has 5 heteroatoms. The summed E-state index contributed by atoms with van der Waals surface area (Å²) in [6.45, 7) is 4.92. The van der Waals surface area contributed by atoms with Crippen LogP contribution in [0.15, 0.2) is 29.0 Å². The van der Waals surface area contributed by atoms with Crippen molar-refractivity contribution < 1.29 is 0 Å². The molecule has 0 saturated carbocycles. The van der Waals surface area contributed by atoms with Crippen LogP contribution in [0.4, 0.5) is 0 Å². The molecule has 2 aromatic heterocycles. The predicted molar refractivity (Wildman–Crippen MR) is 75.1 cm³/mol. The molecule has 0 bridgehead atoms. The van der Waals surface area contributed by atoms with E-state index in [1.165, 1.54) is 5.56 Å². The normalized spacial score (nSPS) is 12.7. The zero-order chi connectivity index (χ0) is 13.1. The van der Waals surface area contributed by atoms with Crippen LogP contribution in [0.3, 0.4) is 0 Å². The van der Waals surface area contributed by atoms with E-state index in [9.17, 15) is 0 Å². The van der Waals surface area contributed by atoms with Crippen LogP contribution in [-0.2, 0) is 13.6 Å². The Bertz CT molecular complexity index is 521. The average molecular weight is 309 g/mol. The summed E-state index contributed by atoms with van der Waals surface area (Å²) in [7, 11) is 1.96. The number of pyridine rings is 1. The van der Waals surface area contributed by atoms with Crippen LogP contribution >= 0.6 is 15.9 Å². The van der Waals surface area contributed by atoms with Crippen molar-refractivity contribution in [2.75, 3.05) is 0 Å². The third-order valence-corrected chi connectivity index (χ3v) is 4.07. The number of aryl methyl sites for hydroxylation is 2. The lowest BCUT2D eigenvalue weighted by molar-refractivity contribution is 0.546. The number of rotatable bonds is 4. The highest BCUT2D eigenvalue weighted by Crippen LogP contribution is 2.21. The molecule has 4 nitrogen and oxygen atoms in total. The van der Waals surface area contributed by atoms with Crippen LogP contribution < -0.4 is 5.32 Å². The van der Waals surface area contributed by atoms with E-state index in [0.29, 0.717) is 0 Å². The van der Waals surface area contributed by atoms with E-state index in [0.717, 1.165) is 22.4 Å². The van der Waals surface area contributed by atoms with E-state index in [-0.39, 0.29) is 6.04 Å². The first-order valence-corrected chi connectivity index (χ1v) is 6.70. The first-order chi connectivity index (χ1) is 8.59. The Morgan fingerprint density at radius 2 is 2.06 bits per heavy atom. The maximum atomic E-state index is 4.38. The molecular weight excluding hydrogens is 292 g/mol. The zero-order valence-electron chi connectivity index (χ0n) is 10.8. The SMILES string of the molecule is Cc1nn(C)c(CN[C@@H](C)c2ccncc2)c1Br. The van der Waals surface area contributed by atoms with Gasteiger partial charge in [0.05, 0.1) is 15.9 Å². The van der Waals surface area contributed by atoms with Crippen molar-refractivity contribution in [1.29, 1.82) is 0 Å². The number of hydrogen-bond acceptors (Lipinski definition) is 3. The molecule has 0 amide bonds. The highest BCUT2D eigenvalue weighted by atomic mass is 79.9. The third kappa shape index (κ3) is 2.79. The van der Waals surface area contributed by atoms with Gasteiger partial charge in [-0.2, -0.15) is 5.10 Å². The van der Waals surface area contributed by atoms with Crippen molar-refractivity contribution in [3.63, 3.8) is 0 Å². The Kier molecular flexibility index (Phi) is 4.14. The fourth-order valence-corrected chi connectivity index (χ4v) is 2.37. The Morgan fingerprint density at radius 3 is 2.61 bits per heavy atom. The number of aromatic nitrogens is 3. The maximum absolute atomic E-state index is 4.38. The second kappa shape index (κ2) is 5.63. The van der Waals surface area contributed by atoms with Crippen LogP contribution in [0.5, 0.6) is 0 Å². The van der Waals surface area contributed by atoms with Crippen LogP contribution in [0, 0.1) is 6.92 Å². The molecule has 1 atom stereocenters. The van der Waals surface area contributed by atoms with E-state index >= 15 is 0 Å². The predicted octanol–water partition coefficient (Wildman–Crippen LogP) is 2.74. The van der Waals surface area contributed by atoms with Crippen molar-refractivity contribution in [3.8, 4) is 0 Å². The smallest absolute Gasteiger partial charge is 0.0739 e. The molecular formula is C13H17BrN4. The lowest BCUT2D eigenvalue weighted by Gasteiger charge is -2.14. The maximum Gasteiger partial charge on any atom is 0.0739 e. The van der Waals surface area contributed by atoms with Crippen molar-refractivity contribution in [2.45, 2.75) is 26.4 Å². The number of hydrogen-bond donors (Lipinski definition) is 1. The van der Waals surface area contributed by atoms with Crippen LogP contribution in [0.25, 0.3) is 0 Å². The summed E-state index contributed by atoms with van der Waals surface area (Å²) in [5.74, 6) is 0. The van der Waals surface area contributed by atoms with Crippen molar-refractivity contribution in [1.82, 2.24) is 20.1 Å². The lowest BCUT2D eigenvalue weighted by Crippen LogP contribution is -2.20. The molecule has 0 fully saturated rings. The summed E-state index contributed by atoms with van der Waals surface area (Å²) in [4.78, 5) is 4.03. The third-order valence-electron chi connectivity index (χ3n) is 3.04. The van der Waals surface area contributed by atoms with Gasteiger partial charge in [-0.1, -0.05) is 0 Å². The summed E-state index contributed by atoms with van der Waals surface area (Å²) in [6.07, 6.45) is 3.63. The summed E-state index contributed by atoms with van der Waals surface area (Å²) in [6, 6.07) is 4.35. The minimum Gasteiger partial charge on any atom is -0.305 e. The Morgan fingerprint density at radius 1 is 1.39 bits per heavy atom. The topological polar surface area (TPSA) is 42.7 Å². The molecule has 0 aliphatic rings. The molecule has 18 heavy (non-hydrogen) atoms. The minimum absolute atomic E-state index is 0.287. The standard InChI is InChI=1S/C13H17BrN4/c1-9(11-4-6-15-7-5-11)16-8-12-13(14)10(2)17-18(12)3/h4-7,9,16H,8H2,1-3H3/t9-/m0/s1. The number of nitrogens with zero attached hydrogens (tertiary/aromatic N) is 3. The Balaban J connectivity index is 2.04. The largest absolute Gasteiger partial charge is 0.305 e. The number of halogens is 1. The van der Waals surface area contributed by atoms with Crippen LogP contribution in [-0.4, -0.2) is 14.8 Å². The minimum atomic E-state index is 0.287. The van der Waals surface area contributed by atoms with Gasteiger partial charge in [0, 0.05) is 32.0 Å². The van der Waals surface area contributed by atoms with Gasteiger partial charge < -0.3 is 5.32 Å². The molecule has 0 spiro atoms. The molecule has 2 aromatic rings. The molecule has 2 heterocycles. The molecule has 1 N–H and O–H groups in total. The van der Waals surface area contributed by atoms with E-state index in [1.807, 2.05) is 43.2 Å². The monoisotopic (exact) mass is 308 g/mol. The first-order valence-electron chi connectivity index (χ1n) is 5.91. The molecule has 0 aliphatic carbocycles. The lowest BCUT2D eigenvalue weighted by atomic mass is 10.1. The fourth-order valence-electron chi connectivity index (χ4n) is 1.89. The second-order valence-electron chi connectivity index (χ2n) is 4.35. The first kappa shape index (κ1) is 13.2. The van der Waals surface area contributed by atoms with Crippen molar-refractivity contribution in [3.05, 3.63) is 46.0 Å². The van der Waals surface area contributed by atoms with E-state index in [1.54, 1.807) is 0 Å². The van der Waals surface area contributed by atoms with E-state index in [4.69, 9.17) is 0 Å². The van der Waals surface area contributed by atoms with E-state index < -0.39 is 0 Å². The molecule has 0 radical (unpaired) electrons. The van der Waals surface area contributed by atoms with Gasteiger partial charge in [-0.15, -0.1) is 0 Å². The van der Waals surface area contributed by atoms with Crippen LogP contribution in [0.2, 0.25) is 0 Å². The summed E-state index contributed by atoms with van der Waals surface area (Å²) in [5, 5.41) is 7.87. The van der Waals surface area contributed by atoms with Gasteiger partial charge in [0.1, 0.15) is 0 Å². The summed E-state index contributed by atoms with van der Waals surface area (Å²) < 4.78 is 2.99. The fraction of sp³-hybridized carbons (Fsp3) is 0.385. The summed E-state index contributed by atoms with van der Waals surface area (Å²) >= 11 is 3.57. The van der Waals surface area contributed by atoms with Gasteiger partial charge in [-0.05, 0) is 47.5 Å². The highest BCUT2D eigenvalue weighted by Gasteiger charge is 2.12. The van der Waals surface area contributed by atoms with Gasteiger partial charge in [0.2, 0.25) is 0 Å². The molecule has 2 rings (SSSR count). The number of nitrogens with one attached hydrogen (secondary N) is 1. The quantitative estimate of drug-likeness (QED) is 0.944. The molecule has 0 aromatic carbocycles. The zero-order valence-corrected chi connectivity index (χ0v) is 12.4. The molecule has 0 saturated heterocycles. The van der Waals surface area contributed by atoms with Crippen LogP contribution in [0.1, 0.15) is 29.9 Å². The van der Waals surface area contributed by atoms with Gasteiger partial charge in [0.25, 0.3) is 0 Å². The Hall–Kier alpha value is -1.20. The second-order valence-corrected chi connectivity index (χ2v) is 5.15.